The van der Waals surface area contributed by atoms with Gasteiger partial charge in [0.05, 0.1) is 12.5 Å². The molecule has 3 aliphatic rings. The third-order valence-corrected chi connectivity index (χ3v) is 6.74. The number of methoxy groups -OCH3 is 1. The van der Waals surface area contributed by atoms with Crippen molar-refractivity contribution in [1.82, 2.24) is 5.32 Å². The van der Waals surface area contributed by atoms with Crippen LogP contribution in [0.3, 0.4) is 0 Å². The monoisotopic (exact) mass is 483 g/mol. The number of hydrogen-bond acceptors (Lipinski definition) is 7. The van der Waals surface area contributed by atoms with Gasteiger partial charge in [0, 0.05) is 13.0 Å². The van der Waals surface area contributed by atoms with Gasteiger partial charge in [-0.25, -0.2) is 4.79 Å². The SMILES string of the molecule is CO[C@@H]1[C@H]2OC(C)(C)O[C@H]2O[C@@H]1C(CC(=O)O)NC(=O)OCC1c2ccccc2-c2ccccc21. The van der Waals surface area contributed by atoms with E-state index in [1.165, 1.54) is 7.11 Å². The molecule has 2 N–H and O–H groups in total. The maximum atomic E-state index is 12.8. The highest BCUT2D eigenvalue weighted by atomic mass is 16.8. The second kappa shape index (κ2) is 9.23. The number of benzene rings is 2. The molecule has 0 bridgehead atoms. The number of ether oxygens (including phenoxy) is 5. The van der Waals surface area contributed by atoms with Gasteiger partial charge in [-0.05, 0) is 36.1 Å². The van der Waals surface area contributed by atoms with E-state index in [9.17, 15) is 14.7 Å². The van der Waals surface area contributed by atoms with E-state index in [0.717, 1.165) is 22.3 Å². The molecule has 2 saturated heterocycles. The average molecular weight is 484 g/mol. The number of carboxylic acids is 1. The lowest BCUT2D eigenvalue weighted by molar-refractivity contribution is -0.220. The molecule has 2 heterocycles. The third kappa shape index (κ3) is 4.52. The molecule has 35 heavy (non-hydrogen) atoms. The van der Waals surface area contributed by atoms with Crippen LogP contribution >= 0.6 is 0 Å². The van der Waals surface area contributed by atoms with E-state index in [1.54, 1.807) is 13.8 Å². The Morgan fingerprint density at radius 3 is 2.29 bits per heavy atom. The molecule has 0 radical (unpaired) electrons. The molecule has 1 aliphatic carbocycles. The summed E-state index contributed by atoms with van der Waals surface area (Å²) in [5.74, 6) is -2.05. The van der Waals surface area contributed by atoms with Crippen LogP contribution in [0, 0.1) is 0 Å². The van der Waals surface area contributed by atoms with Crippen LogP contribution in [-0.4, -0.2) is 67.3 Å². The summed E-state index contributed by atoms with van der Waals surface area (Å²) in [5.41, 5.74) is 4.43. The van der Waals surface area contributed by atoms with Crippen LogP contribution in [0.15, 0.2) is 48.5 Å². The van der Waals surface area contributed by atoms with Crippen LogP contribution < -0.4 is 5.32 Å². The van der Waals surface area contributed by atoms with Gasteiger partial charge < -0.3 is 34.1 Å². The zero-order valence-electron chi connectivity index (χ0n) is 19.8. The summed E-state index contributed by atoms with van der Waals surface area (Å²) in [6.07, 6.45) is -3.78. The molecule has 0 spiro atoms. The quantitative estimate of drug-likeness (QED) is 0.617. The predicted octanol–water partition coefficient (Wildman–Crippen LogP) is 3.26. The van der Waals surface area contributed by atoms with Crippen LogP contribution in [0.1, 0.15) is 37.3 Å². The molecule has 1 unspecified atom stereocenters. The maximum Gasteiger partial charge on any atom is 0.407 e. The topological polar surface area (TPSA) is 113 Å². The van der Waals surface area contributed by atoms with Gasteiger partial charge in [-0.1, -0.05) is 48.5 Å². The van der Waals surface area contributed by atoms with Crippen molar-refractivity contribution >= 4 is 12.1 Å². The van der Waals surface area contributed by atoms with Crippen molar-refractivity contribution in [2.45, 2.75) is 62.6 Å². The fourth-order valence-electron chi connectivity index (χ4n) is 5.33. The van der Waals surface area contributed by atoms with Crippen molar-refractivity contribution in [3.05, 3.63) is 59.7 Å². The zero-order chi connectivity index (χ0) is 24.7. The number of carboxylic acid groups (broad SMARTS) is 1. The molecular weight excluding hydrogens is 454 g/mol. The summed E-state index contributed by atoms with van der Waals surface area (Å²) in [7, 11) is 1.49. The van der Waals surface area contributed by atoms with E-state index in [-0.39, 0.29) is 18.9 Å². The Hall–Kier alpha value is -2.98. The van der Waals surface area contributed by atoms with Crippen LogP contribution in [0.25, 0.3) is 11.1 Å². The predicted molar refractivity (Wildman–Crippen MR) is 124 cm³/mol. The minimum Gasteiger partial charge on any atom is -0.481 e. The highest BCUT2D eigenvalue weighted by Crippen LogP contribution is 2.44. The number of fused-ring (bicyclic) bond motifs is 4. The minimum atomic E-state index is -1.09. The van der Waals surface area contributed by atoms with E-state index < -0.39 is 48.5 Å². The number of amides is 1. The summed E-state index contributed by atoms with van der Waals surface area (Å²) >= 11 is 0. The van der Waals surface area contributed by atoms with Gasteiger partial charge in [0.2, 0.25) is 0 Å². The summed E-state index contributed by atoms with van der Waals surface area (Å²) < 4.78 is 28.8. The van der Waals surface area contributed by atoms with Gasteiger partial charge in [0.15, 0.2) is 12.1 Å². The normalized spacial score (nSPS) is 27.1. The molecule has 2 aromatic rings. The van der Waals surface area contributed by atoms with Crippen molar-refractivity contribution in [1.29, 1.82) is 0 Å². The van der Waals surface area contributed by atoms with E-state index in [2.05, 4.69) is 17.4 Å². The Morgan fingerprint density at radius 2 is 1.69 bits per heavy atom. The average Bonchev–Trinajstić information content (AvgIpc) is 3.42. The lowest BCUT2D eigenvalue weighted by Gasteiger charge is -2.30. The molecule has 186 valence electrons. The number of hydrogen-bond donors (Lipinski definition) is 2. The molecule has 5 rings (SSSR count). The van der Waals surface area contributed by atoms with Crippen LogP contribution in [-0.2, 0) is 28.5 Å². The standard InChI is InChI=1S/C26H29NO8/c1-26(2)34-23-22(31-3)21(33-24(23)35-26)19(12-20(28)29)27-25(30)32-13-18-16-10-6-4-8-14(16)15-9-5-7-11-17(15)18/h4-11,18-19,21-24H,12-13H2,1-3H3,(H,27,30)(H,28,29)/t19?,21-,22+,23-,24-/m1/s1. The number of rotatable bonds is 7. The van der Waals surface area contributed by atoms with Crippen molar-refractivity contribution in [3.8, 4) is 11.1 Å². The Bertz CT molecular complexity index is 1070. The largest absolute Gasteiger partial charge is 0.481 e. The number of aliphatic carboxylic acids is 1. The third-order valence-electron chi connectivity index (χ3n) is 6.74. The molecule has 0 saturated carbocycles. The summed E-state index contributed by atoms with van der Waals surface area (Å²) in [6.45, 7) is 3.64. The van der Waals surface area contributed by atoms with Gasteiger partial charge in [-0.2, -0.15) is 0 Å². The second-order valence-electron chi connectivity index (χ2n) is 9.44. The van der Waals surface area contributed by atoms with Crippen LogP contribution in [0.5, 0.6) is 0 Å². The smallest absolute Gasteiger partial charge is 0.407 e. The first kappa shape index (κ1) is 23.7. The van der Waals surface area contributed by atoms with Crippen LogP contribution in [0.2, 0.25) is 0 Å². The molecule has 2 aromatic carbocycles. The highest BCUT2D eigenvalue weighted by molar-refractivity contribution is 5.79. The minimum absolute atomic E-state index is 0.107. The van der Waals surface area contributed by atoms with Crippen LogP contribution in [0.4, 0.5) is 4.79 Å². The van der Waals surface area contributed by atoms with E-state index in [4.69, 9.17) is 23.7 Å². The van der Waals surface area contributed by atoms with Crippen molar-refractivity contribution < 1.29 is 38.4 Å². The number of carbonyl (C=O) groups excluding carboxylic acids is 1. The maximum absolute atomic E-state index is 12.8. The van der Waals surface area contributed by atoms with Gasteiger partial charge >= 0.3 is 12.1 Å². The molecule has 2 aliphatic heterocycles. The molecule has 9 heteroatoms. The first-order valence-electron chi connectivity index (χ1n) is 11.6. The number of alkyl carbamates (subject to hydrolysis) is 1. The molecular formula is C26H29NO8. The highest BCUT2D eigenvalue weighted by Gasteiger charge is 2.57. The van der Waals surface area contributed by atoms with Crippen molar-refractivity contribution in [3.63, 3.8) is 0 Å². The zero-order valence-corrected chi connectivity index (χ0v) is 19.8. The Balaban J connectivity index is 1.28. The number of nitrogens with one attached hydrogen (secondary N) is 1. The molecule has 5 atom stereocenters. The molecule has 2 fully saturated rings. The van der Waals surface area contributed by atoms with Gasteiger partial charge in [0.25, 0.3) is 0 Å². The first-order valence-corrected chi connectivity index (χ1v) is 11.6. The van der Waals surface area contributed by atoms with Gasteiger partial charge in [-0.3, -0.25) is 4.79 Å². The first-order chi connectivity index (χ1) is 16.8. The van der Waals surface area contributed by atoms with E-state index >= 15 is 0 Å². The lowest BCUT2D eigenvalue weighted by Crippen LogP contribution is -2.51. The fourth-order valence-corrected chi connectivity index (χ4v) is 5.33. The van der Waals surface area contributed by atoms with Crippen molar-refractivity contribution in [2.24, 2.45) is 0 Å². The molecule has 9 nitrogen and oxygen atoms in total. The van der Waals surface area contributed by atoms with E-state index in [1.807, 2.05) is 36.4 Å². The molecule has 0 aromatic heterocycles. The fraction of sp³-hybridized carbons (Fsp3) is 0.462. The Labute approximate surface area is 203 Å². The summed E-state index contributed by atoms with van der Waals surface area (Å²) in [6, 6.07) is 15.2. The van der Waals surface area contributed by atoms with Gasteiger partial charge in [-0.15, -0.1) is 0 Å². The molecule has 1 amide bonds. The van der Waals surface area contributed by atoms with E-state index in [0.29, 0.717) is 0 Å². The second-order valence-corrected chi connectivity index (χ2v) is 9.44. The lowest BCUT2D eigenvalue weighted by atomic mass is 9.98. The number of carbonyl (C=O) groups is 2. The van der Waals surface area contributed by atoms with Crippen molar-refractivity contribution in [2.75, 3.05) is 13.7 Å². The summed E-state index contributed by atoms with van der Waals surface area (Å²) in [4.78, 5) is 24.4. The Morgan fingerprint density at radius 1 is 1.06 bits per heavy atom. The summed E-state index contributed by atoms with van der Waals surface area (Å²) in [5, 5.41) is 12.2. The Kier molecular flexibility index (Phi) is 6.27. The van der Waals surface area contributed by atoms with Gasteiger partial charge in [0.1, 0.15) is 24.9 Å².